The Morgan fingerprint density at radius 1 is 1.15 bits per heavy atom. The quantitative estimate of drug-likeness (QED) is 0.503. The number of amides is 2. The topological polar surface area (TPSA) is 113 Å². The molecule has 2 amide bonds. The van der Waals surface area contributed by atoms with Gasteiger partial charge in [-0.15, -0.1) is 5.10 Å². The Kier molecular flexibility index (Phi) is 8.07. The summed E-state index contributed by atoms with van der Waals surface area (Å²) in [7, 11) is 1.73. The molecular weight excluding hydrogens is 496 g/mol. The van der Waals surface area contributed by atoms with Gasteiger partial charge in [0.05, 0.1) is 17.9 Å². The molecule has 1 saturated carbocycles. The highest BCUT2D eigenvalue weighted by atomic mass is 16.5. The van der Waals surface area contributed by atoms with E-state index in [0.717, 1.165) is 38.0 Å². The van der Waals surface area contributed by atoms with Gasteiger partial charge in [0.15, 0.2) is 0 Å². The number of rotatable bonds is 9. The maximum absolute atomic E-state index is 14.0. The first-order valence-corrected chi connectivity index (χ1v) is 14.1. The number of ether oxygens (including phenoxy) is 1. The second-order valence-electron chi connectivity index (χ2n) is 12.5. The van der Waals surface area contributed by atoms with E-state index >= 15 is 0 Å². The van der Waals surface area contributed by atoms with E-state index in [1.807, 2.05) is 45.2 Å². The molecule has 0 bridgehead atoms. The minimum Gasteiger partial charge on any atom is -0.391 e. The molecule has 2 unspecified atom stereocenters. The monoisotopic (exact) mass is 538 g/mol. The van der Waals surface area contributed by atoms with Gasteiger partial charge in [0.1, 0.15) is 12.1 Å². The summed E-state index contributed by atoms with van der Waals surface area (Å²) >= 11 is 0. The average molecular weight is 539 g/mol. The molecule has 5 atom stereocenters. The van der Waals surface area contributed by atoms with Gasteiger partial charge in [-0.3, -0.25) is 14.5 Å². The van der Waals surface area contributed by atoms with Crippen LogP contribution in [0, 0.1) is 5.41 Å². The molecule has 2 aliphatic heterocycles. The number of nitrogens with one attached hydrogen (secondary N) is 1. The van der Waals surface area contributed by atoms with Crippen molar-refractivity contribution in [2.75, 3.05) is 26.7 Å². The molecule has 3 fully saturated rings. The summed E-state index contributed by atoms with van der Waals surface area (Å²) in [6.07, 6.45) is 4.48. The van der Waals surface area contributed by atoms with E-state index in [1.165, 1.54) is 5.56 Å². The van der Waals surface area contributed by atoms with Gasteiger partial charge < -0.3 is 20.1 Å². The fourth-order valence-electron chi connectivity index (χ4n) is 5.99. The van der Waals surface area contributed by atoms with Crippen molar-refractivity contribution in [3.63, 3.8) is 0 Å². The average Bonchev–Trinajstić information content (AvgIpc) is 3.31. The van der Waals surface area contributed by atoms with Crippen molar-refractivity contribution in [2.45, 2.75) is 89.3 Å². The number of β-amino-alcohol motifs (C(OH)–C–C–N with tert-alkyl or cyclic N) is 1. The summed E-state index contributed by atoms with van der Waals surface area (Å²) in [5.41, 5.74) is 1.67. The molecule has 10 nitrogen and oxygen atoms in total. The van der Waals surface area contributed by atoms with Crippen LogP contribution in [0.15, 0.2) is 36.5 Å². The molecule has 0 radical (unpaired) electrons. The lowest BCUT2D eigenvalue weighted by Gasteiger charge is -2.34. The van der Waals surface area contributed by atoms with E-state index in [1.54, 1.807) is 16.7 Å². The van der Waals surface area contributed by atoms with Crippen molar-refractivity contribution >= 4 is 11.8 Å². The highest BCUT2D eigenvalue weighted by Crippen LogP contribution is 2.40. The Balaban J connectivity index is 1.27. The Bertz CT molecular complexity index is 1140. The highest BCUT2D eigenvalue weighted by Gasteiger charge is 2.45. The van der Waals surface area contributed by atoms with Crippen LogP contribution in [0.2, 0.25) is 0 Å². The van der Waals surface area contributed by atoms with E-state index in [-0.39, 0.29) is 36.9 Å². The predicted molar refractivity (Wildman–Crippen MR) is 146 cm³/mol. The molecule has 1 aromatic carbocycles. The van der Waals surface area contributed by atoms with Gasteiger partial charge in [-0.05, 0) is 30.2 Å². The van der Waals surface area contributed by atoms with E-state index < -0.39 is 23.6 Å². The van der Waals surface area contributed by atoms with Crippen molar-refractivity contribution in [1.29, 1.82) is 0 Å². The first-order chi connectivity index (χ1) is 18.6. The number of aliphatic hydroxyl groups is 1. The van der Waals surface area contributed by atoms with Crippen LogP contribution < -0.4 is 5.32 Å². The van der Waals surface area contributed by atoms with Crippen molar-refractivity contribution in [2.24, 2.45) is 5.41 Å². The van der Waals surface area contributed by atoms with Crippen LogP contribution in [0.25, 0.3) is 0 Å². The van der Waals surface area contributed by atoms with Crippen LogP contribution in [0.1, 0.15) is 69.7 Å². The van der Waals surface area contributed by atoms with Crippen LogP contribution >= 0.6 is 0 Å². The number of benzene rings is 1. The number of nitrogens with zero attached hydrogens (tertiary/aromatic N) is 5. The Labute approximate surface area is 230 Å². The number of hydrogen-bond donors (Lipinski definition) is 2. The van der Waals surface area contributed by atoms with E-state index in [9.17, 15) is 14.7 Å². The smallest absolute Gasteiger partial charge is 0.248 e. The summed E-state index contributed by atoms with van der Waals surface area (Å²) in [6.45, 7) is 8.13. The summed E-state index contributed by atoms with van der Waals surface area (Å²) in [5, 5.41) is 22.3. The third kappa shape index (κ3) is 6.34. The first-order valence-electron chi connectivity index (χ1n) is 14.1. The maximum Gasteiger partial charge on any atom is 0.248 e. The van der Waals surface area contributed by atoms with E-state index in [0.29, 0.717) is 12.5 Å². The van der Waals surface area contributed by atoms with E-state index in [2.05, 4.69) is 32.7 Å². The van der Waals surface area contributed by atoms with Crippen LogP contribution in [0.3, 0.4) is 0 Å². The van der Waals surface area contributed by atoms with Gasteiger partial charge in [0, 0.05) is 57.9 Å². The van der Waals surface area contributed by atoms with Crippen molar-refractivity contribution in [3.05, 3.63) is 47.8 Å². The molecule has 2 N–H and O–H groups in total. The third-order valence-corrected chi connectivity index (χ3v) is 8.27. The molecule has 1 aromatic heterocycles. The molecular formula is C29H42N6O4. The number of methoxy groups -OCH3 is 1. The second-order valence-corrected chi connectivity index (χ2v) is 12.5. The van der Waals surface area contributed by atoms with Gasteiger partial charge in [0.2, 0.25) is 11.8 Å². The zero-order chi connectivity index (χ0) is 27.7. The first kappa shape index (κ1) is 27.7. The van der Waals surface area contributed by atoms with Gasteiger partial charge in [-0.2, -0.15) is 0 Å². The van der Waals surface area contributed by atoms with E-state index in [4.69, 9.17) is 4.74 Å². The molecule has 1 aliphatic carbocycles. The minimum absolute atomic E-state index is 0.109. The Morgan fingerprint density at radius 2 is 1.90 bits per heavy atom. The molecule has 212 valence electrons. The lowest BCUT2D eigenvalue weighted by Crippen LogP contribution is -2.51. The summed E-state index contributed by atoms with van der Waals surface area (Å²) < 4.78 is 7.30. The largest absolute Gasteiger partial charge is 0.391 e. The molecule has 5 rings (SSSR count). The van der Waals surface area contributed by atoms with Crippen LogP contribution in [-0.4, -0.2) is 92.8 Å². The fraction of sp³-hybridized carbons (Fsp3) is 0.655. The molecule has 10 heteroatoms. The molecule has 2 saturated heterocycles. The minimum atomic E-state index is -0.748. The fourth-order valence-corrected chi connectivity index (χ4v) is 5.99. The molecule has 39 heavy (non-hydrogen) atoms. The summed E-state index contributed by atoms with van der Waals surface area (Å²) in [6, 6.07) is 9.04. The van der Waals surface area contributed by atoms with Crippen molar-refractivity contribution in [1.82, 2.24) is 30.1 Å². The Hall–Kier alpha value is -2.82. The molecule has 3 heterocycles. The predicted octanol–water partition coefficient (Wildman–Crippen LogP) is 2.11. The van der Waals surface area contributed by atoms with Gasteiger partial charge >= 0.3 is 0 Å². The number of aliphatic hydroxyl groups excluding tert-OH is 1. The zero-order valence-corrected chi connectivity index (χ0v) is 23.5. The summed E-state index contributed by atoms with van der Waals surface area (Å²) in [4.78, 5) is 31.3. The second kappa shape index (κ2) is 11.3. The zero-order valence-electron chi connectivity index (χ0n) is 23.5. The standard InChI is InChI=1S/C29H42N6O4/c1-29(2,3)26(35-18-24(31-32-35)20-10-11-20)28(38)34-16-22(36)13-25(34)27(37)30-14-21-12-23(39-4)17-33(21)15-19-8-6-5-7-9-19/h5-9,18,20-23,25-26,36H,10-17H2,1-4H3,(H,30,37)/t21-,22?,23+,25?,26+/m0/s1. The molecule has 0 spiro atoms. The lowest BCUT2D eigenvalue weighted by atomic mass is 9.85. The van der Waals surface area contributed by atoms with Crippen molar-refractivity contribution in [3.8, 4) is 0 Å². The Morgan fingerprint density at radius 3 is 2.56 bits per heavy atom. The molecule has 2 aromatic rings. The van der Waals surface area contributed by atoms with Crippen LogP contribution in [0.5, 0.6) is 0 Å². The van der Waals surface area contributed by atoms with Gasteiger partial charge in [0.25, 0.3) is 0 Å². The summed E-state index contributed by atoms with van der Waals surface area (Å²) in [5.74, 6) is -0.0147. The normalized spacial score (nSPS) is 26.6. The van der Waals surface area contributed by atoms with Crippen LogP contribution in [-0.2, 0) is 20.9 Å². The molecule has 3 aliphatic rings. The van der Waals surface area contributed by atoms with Gasteiger partial charge in [-0.25, -0.2) is 4.68 Å². The highest BCUT2D eigenvalue weighted by molar-refractivity contribution is 5.90. The van der Waals surface area contributed by atoms with Crippen molar-refractivity contribution < 1.29 is 19.4 Å². The number of likely N-dealkylation sites (tertiary alicyclic amines) is 2. The SMILES string of the molecule is CO[C@@H]1C[C@@H](CNC(=O)C2CC(O)CN2C(=O)[C@@H](n2cc(C3CC3)nn2)C(C)(C)C)N(Cc2ccccc2)C1. The maximum atomic E-state index is 14.0. The third-order valence-electron chi connectivity index (χ3n) is 8.27. The number of aromatic nitrogens is 3. The number of hydrogen-bond acceptors (Lipinski definition) is 7. The van der Waals surface area contributed by atoms with Crippen LogP contribution in [0.4, 0.5) is 0 Å². The number of carbonyl (C=O) groups is 2. The number of carbonyl (C=O) groups excluding carboxylic acids is 2. The lowest BCUT2D eigenvalue weighted by molar-refractivity contribution is -0.144. The van der Waals surface area contributed by atoms with Gasteiger partial charge in [-0.1, -0.05) is 56.3 Å².